The summed E-state index contributed by atoms with van der Waals surface area (Å²) in [7, 11) is 1.84. The van der Waals surface area contributed by atoms with E-state index >= 15 is 0 Å². The van der Waals surface area contributed by atoms with Crippen LogP contribution in [0.15, 0.2) is 22.8 Å². The Morgan fingerprint density at radius 1 is 1.44 bits per heavy atom. The van der Waals surface area contributed by atoms with Crippen LogP contribution in [0.3, 0.4) is 0 Å². The van der Waals surface area contributed by atoms with E-state index in [1.807, 2.05) is 13.1 Å². The molecule has 0 saturated carbocycles. The SMILES string of the molecule is CNC(=S)NC[C@@H](c1ccco1)[NH+]1CCCCC1. The Morgan fingerprint density at radius 3 is 2.83 bits per heavy atom. The van der Waals surface area contributed by atoms with Gasteiger partial charge in [0.25, 0.3) is 0 Å². The van der Waals surface area contributed by atoms with E-state index in [1.54, 1.807) is 11.2 Å². The number of hydrogen-bond donors (Lipinski definition) is 3. The maximum atomic E-state index is 5.59. The van der Waals surface area contributed by atoms with Gasteiger partial charge in [-0.05, 0) is 43.6 Å². The van der Waals surface area contributed by atoms with Crippen molar-refractivity contribution in [1.82, 2.24) is 10.6 Å². The van der Waals surface area contributed by atoms with Gasteiger partial charge in [-0.1, -0.05) is 0 Å². The minimum atomic E-state index is 0.353. The molecule has 1 atom stereocenters. The summed E-state index contributed by atoms with van der Waals surface area (Å²) >= 11 is 5.14. The van der Waals surface area contributed by atoms with E-state index in [0.717, 1.165) is 12.3 Å². The zero-order valence-corrected chi connectivity index (χ0v) is 11.7. The predicted octanol–water partition coefficient (Wildman–Crippen LogP) is 0.483. The molecule has 5 heteroatoms. The number of furan rings is 1. The van der Waals surface area contributed by atoms with Gasteiger partial charge in [-0.15, -0.1) is 0 Å². The lowest BCUT2D eigenvalue weighted by atomic mass is 10.1. The minimum Gasteiger partial charge on any atom is -0.463 e. The second-order valence-corrected chi connectivity index (χ2v) is 5.16. The van der Waals surface area contributed by atoms with E-state index in [9.17, 15) is 0 Å². The van der Waals surface area contributed by atoms with Crippen molar-refractivity contribution in [3.8, 4) is 0 Å². The molecule has 0 bridgehead atoms. The van der Waals surface area contributed by atoms with Crippen molar-refractivity contribution in [2.45, 2.75) is 25.3 Å². The van der Waals surface area contributed by atoms with E-state index in [1.165, 1.54) is 32.4 Å². The van der Waals surface area contributed by atoms with Gasteiger partial charge in [-0.2, -0.15) is 0 Å². The fourth-order valence-electron chi connectivity index (χ4n) is 2.57. The molecule has 0 unspecified atom stereocenters. The molecule has 1 aromatic heterocycles. The third kappa shape index (κ3) is 3.46. The highest BCUT2D eigenvalue weighted by Crippen LogP contribution is 2.11. The Balaban J connectivity index is 2.00. The summed E-state index contributed by atoms with van der Waals surface area (Å²) in [4.78, 5) is 1.60. The average molecular weight is 268 g/mol. The molecule has 1 aliphatic rings. The van der Waals surface area contributed by atoms with Crippen LogP contribution in [0.5, 0.6) is 0 Å². The maximum absolute atomic E-state index is 5.59. The number of thiocarbonyl (C=S) groups is 1. The first-order valence-electron chi connectivity index (χ1n) is 6.65. The molecule has 0 amide bonds. The van der Waals surface area contributed by atoms with E-state index in [-0.39, 0.29) is 0 Å². The molecule has 2 heterocycles. The van der Waals surface area contributed by atoms with E-state index in [4.69, 9.17) is 16.6 Å². The summed E-state index contributed by atoms with van der Waals surface area (Å²) in [6, 6.07) is 4.38. The second kappa shape index (κ2) is 6.75. The molecule has 100 valence electrons. The highest BCUT2D eigenvalue weighted by atomic mass is 32.1. The zero-order valence-electron chi connectivity index (χ0n) is 10.9. The van der Waals surface area contributed by atoms with Crippen LogP contribution in [0.4, 0.5) is 0 Å². The molecule has 2 rings (SSSR count). The summed E-state index contributed by atoms with van der Waals surface area (Å²) in [5.41, 5.74) is 0. The first kappa shape index (κ1) is 13.4. The number of likely N-dealkylation sites (tertiary alicyclic amines) is 1. The monoisotopic (exact) mass is 268 g/mol. The highest BCUT2D eigenvalue weighted by molar-refractivity contribution is 7.80. The van der Waals surface area contributed by atoms with Crippen LogP contribution < -0.4 is 15.5 Å². The van der Waals surface area contributed by atoms with Crippen molar-refractivity contribution in [3.05, 3.63) is 24.2 Å². The summed E-state index contributed by atoms with van der Waals surface area (Å²) in [6.45, 7) is 3.27. The largest absolute Gasteiger partial charge is 0.463 e. The van der Waals surface area contributed by atoms with Crippen molar-refractivity contribution in [2.24, 2.45) is 0 Å². The summed E-state index contributed by atoms with van der Waals surface area (Å²) in [6.07, 6.45) is 5.73. The van der Waals surface area contributed by atoms with Crippen LogP contribution in [-0.2, 0) is 0 Å². The zero-order chi connectivity index (χ0) is 12.8. The molecule has 0 radical (unpaired) electrons. The lowest BCUT2D eigenvalue weighted by molar-refractivity contribution is -0.936. The lowest BCUT2D eigenvalue weighted by Crippen LogP contribution is -3.13. The Morgan fingerprint density at radius 2 is 2.22 bits per heavy atom. The number of rotatable bonds is 4. The van der Waals surface area contributed by atoms with Gasteiger partial charge >= 0.3 is 0 Å². The van der Waals surface area contributed by atoms with Gasteiger partial charge in [0, 0.05) is 7.05 Å². The normalized spacial score (nSPS) is 18.3. The Bertz CT molecular complexity index is 360. The van der Waals surface area contributed by atoms with Crippen LogP contribution >= 0.6 is 12.2 Å². The first-order valence-corrected chi connectivity index (χ1v) is 7.05. The van der Waals surface area contributed by atoms with Crippen molar-refractivity contribution >= 4 is 17.3 Å². The van der Waals surface area contributed by atoms with Crippen LogP contribution in [-0.4, -0.2) is 31.8 Å². The minimum absolute atomic E-state index is 0.353. The van der Waals surface area contributed by atoms with E-state index in [2.05, 4.69) is 16.7 Å². The fraction of sp³-hybridized carbons (Fsp3) is 0.615. The van der Waals surface area contributed by atoms with E-state index < -0.39 is 0 Å². The smallest absolute Gasteiger partial charge is 0.166 e. The Labute approximate surface area is 114 Å². The molecule has 1 saturated heterocycles. The van der Waals surface area contributed by atoms with Crippen LogP contribution in [0, 0.1) is 0 Å². The van der Waals surface area contributed by atoms with Crippen LogP contribution in [0.2, 0.25) is 0 Å². The molecule has 0 aromatic carbocycles. The summed E-state index contributed by atoms with van der Waals surface area (Å²) in [5.74, 6) is 1.05. The maximum Gasteiger partial charge on any atom is 0.166 e. The average Bonchev–Trinajstić information content (AvgIpc) is 2.94. The molecular formula is C13H22N3OS+. The third-order valence-corrected chi connectivity index (χ3v) is 3.92. The van der Waals surface area contributed by atoms with Gasteiger partial charge in [0.05, 0.1) is 25.9 Å². The topological polar surface area (TPSA) is 41.6 Å². The molecule has 1 aliphatic heterocycles. The van der Waals surface area contributed by atoms with Gasteiger partial charge < -0.3 is 20.0 Å². The standard InChI is InChI=1S/C13H21N3OS/c1-14-13(18)15-10-11(12-6-5-9-17-12)16-7-3-2-4-8-16/h5-6,9,11H,2-4,7-8,10H2,1H3,(H2,14,15,18)/p+1/t11-/m0/s1. The van der Waals surface area contributed by atoms with Gasteiger partial charge in [0.2, 0.25) is 0 Å². The third-order valence-electron chi connectivity index (χ3n) is 3.57. The second-order valence-electron chi connectivity index (χ2n) is 4.75. The molecule has 0 spiro atoms. The fourth-order valence-corrected chi connectivity index (χ4v) is 2.66. The number of hydrogen-bond acceptors (Lipinski definition) is 2. The highest BCUT2D eigenvalue weighted by Gasteiger charge is 2.28. The molecular weight excluding hydrogens is 246 g/mol. The van der Waals surface area contributed by atoms with Gasteiger partial charge in [0.15, 0.2) is 16.9 Å². The molecule has 1 fully saturated rings. The van der Waals surface area contributed by atoms with E-state index in [0.29, 0.717) is 11.2 Å². The Kier molecular flexibility index (Phi) is 5.01. The summed E-state index contributed by atoms with van der Waals surface area (Å²) in [5, 5.41) is 6.90. The van der Waals surface area contributed by atoms with Crippen molar-refractivity contribution in [1.29, 1.82) is 0 Å². The first-order chi connectivity index (χ1) is 8.81. The quantitative estimate of drug-likeness (QED) is 0.695. The molecule has 0 aliphatic carbocycles. The van der Waals surface area contributed by atoms with Gasteiger partial charge in [0.1, 0.15) is 0 Å². The predicted molar refractivity (Wildman–Crippen MR) is 75.7 cm³/mol. The van der Waals surface area contributed by atoms with Gasteiger partial charge in [-0.3, -0.25) is 0 Å². The Hall–Kier alpha value is -1.07. The van der Waals surface area contributed by atoms with Crippen molar-refractivity contribution < 1.29 is 9.32 Å². The lowest BCUT2D eigenvalue weighted by Gasteiger charge is -2.30. The molecule has 18 heavy (non-hydrogen) atoms. The molecule has 1 aromatic rings. The molecule has 3 N–H and O–H groups in total. The number of nitrogens with one attached hydrogen (secondary N) is 3. The summed E-state index contributed by atoms with van der Waals surface area (Å²) < 4.78 is 5.59. The van der Waals surface area contributed by atoms with Crippen LogP contribution in [0.1, 0.15) is 31.1 Å². The molecule has 4 nitrogen and oxygen atoms in total. The number of quaternary nitrogens is 1. The van der Waals surface area contributed by atoms with Crippen molar-refractivity contribution in [2.75, 3.05) is 26.7 Å². The number of piperidine rings is 1. The van der Waals surface area contributed by atoms with Crippen molar-refractivity contribution in [3.63, 3.8) is 0 Å². The van der Waals surface area contributed by atoms with Crippen LogP contribution in [0.25, 0.3) is 0 Å². The van der Waals surface area contributed by atoms with Gasteiger partial charge in [-0.25, -0.2) is 0 Å².